The number of ether oxygens (including phenoxy) is 3. The summed E-state index contributed by atoms with van der Waals surface area (Å²) < 4.78 is 30.8. The van der Waals surface area contributed by atoms with E-state index in [1.807, 2.05) is 25.9 Å². The topological polar surface area (TPSA) is 170 Å². The first-order valence-electron chi connectivity index (χ1n) is 16.8. The highest BCUT2D eigenvalue weighted by molar-refractivity contribution is 6.39. The molecule has 3 rings (SSSR count). The van der Waals surface area contributed by atoms with E-state index in [0.29, 0.717) is 25.1 Å². The number of allylic oxidation sites excluding steroid dienone is 4. The molecule has 13 heteroatoms. The SMILES string of the molecule is CO[C@H]1/C=C\C=C(/C)C(=O)NC2=C(c3ccc(F)cc3)C(=O)C(NCCN(C)C)=C(C[C@@H](C)C[C@H](OC)[C@H](O)[C@@H](C)/C=C(\C)[C@@H]1OC(N)=O)C2=O. The lowest BCUT2D eigenvalue weighted by Gasteiger charge is -2.30. The van der Waals surface area contributed by atoms with Gasteiger partial charge >= 0.3 is 6.09 Å². The minimum Gasteiger partial charge on any atom is -0.439 e. The van der Waals surface area contributed by atoms with Crippen LogP contribution in [0.15, 0.2) is 76.7 Å². The molecule has 0 aromatic heterocycles. The first-order chi connectivity index (χ1) is 24.1. The summed E-state index contributed by atoms with van der Waals surface area (Å²) in [7, 11) is 6.66. The number of amides is 2. The van der Waals surface area contributed by atoms with Crippen LogP contribution in [0.3, 0.4) is 0 Å². The van der Waals surface area contributed by atoms with Crippen molar-refractivity contribution in [3.05, 3.63) is 88.1 Å². The molecule has 0 spiro atoms. The standard InChI is InChI=1S/C38H51FN4O8/c1-21-18-27-31(41-16-17-43(5)6)35(46)30(25-12-14-26(39)15-13-25)32(34(27)45)42-37(47)22(2)10-9-11-28(49-7)36(51-38(40)48)24(4)20-23(3)33(44)29(19-21)50-8/h9-15,20-21,23,28-29,33,36,41,44H,16-19H2,1-8H3,(H2,40,48)(H,42,47)/b11-9-,22-10+,24-20+/t21-,23+,28+,29+,33-,36+/m1/s1. The van der Waals surface area contributed by atoms with E-state index < -0.39 is 59.7 Å². The molecule has 1 heterocycles. The van der Waals surface area contributed by atoms with Gasteiger partial charge in [0.15, 0.2) is 6.10 Å². The van der Waals surface area contributed by atoms with E-state index >= 15 is 0 Å². The number of nitrogens with two attached hydrogens (primary N) is 1. The van der Waals surface area contributed by atoms with Crippen LogP contribution in [0.1, 0.15) is 46.1 Å². The van der Waals surface area contributed by atoms with Crippen molar-refractivity contribution < 1.29 is 42.9 Å². The summed E-state index contributed by atoms with van der Waals surface area (Å²) in [6, 6.07) is 5.13. The Morgan fingerprint density at radius 2 is 1.75 bits per heavy atom. The van der Waals surface area contributed by atoms with Crippen molar-refractivity contribution in [3.63, 3.8) is 0 Å². The smallest absolute Gasteiger partial charge is 0.405 e. The Kier molecular flexibility index (Phi) is 15.0. The van der Waals surface area contributed by atoms with Crippen molar-refractivity contribution in [3.8, 4) is 0 Å². The predicted molar refractivity (Wildman–Crippen MR) is 191 cm³/mol. The van der Waals surface area contributed by atoms with Gasteiger partial charge in [0.25, 0.3) is 5.91 Å². The van der Waals surface area contributed by atoms with Crippen molar-refractivity contribution in [2.45, 2.75) is 65.0 Å². The van der Waals surface area contributed by atoms with E-state index in [0.717, 1.165) is 0 Å². The van der Waals surface area contributed by atoms with Crippen molar-refractivity contribution in [1.29, 1.82) is 0 Å². The summed E-state index contributed by atoms with van der Waals surface area (Å²) in [5.74, 6) is -3.05. The zero-order valence-corrected chi connectivity index (χ0v) is 30.6. The van der Waals surface area contributed by atoms with Crippen LogP contribution in [0.2, 0.25) is 0 Å². The largest absolute Gasteiger partial charge is 0.439 e. The maximum atomic E-state index is 14.5. The molecule has 2 aliphatic rings. The van der Waals surface area contributed by atoms with Crippen LogP contribution < -0.4 is 16.4 Å². The molecule has 1 aromatic carbocycles. The molecule has 6 atom stereocenters. The number of aliphatic hydroxyl groups is 1. The van der Waals surface area contributed by atoms with Gasteiger partial charge in [-0.25, -0.2) is 9.18 Å². The number of rotatable bonds is 8. The lowest BCUT2D eigenvalue weighted by molar-refractivity contribution is -0.120. The molecule has 0 radical (unpaired) electrons. The number of aliphatic hydroxyl groups excluding tert-OH is 1. The Hall–Kier alpha value is -4.43. The predicted octanol–water partition coefficient (Wildman–Crippen LogP) is 3.58. The van der Waals surface area contributed by atoms with E-state index in [1.54, 1.807) is 26.0 Å². The van der Waals surface area contributed by atoms with E-state index in [1.165, 1.54) is 57.6 Å². The number of primary amides is 1. The molecule has 1 aromatic rings. The molecule has 0 fully saturated rings. The average Bonchev–Trinajstić information content (AvgIpc) is 3.07. The summed E-state index contributed by atoms with van der Waals surface area (Å²) >= 11 is 0. The number of carbonyl (C=O) groups excluding carboxylic acids is 4. The Labute approximate surface area is 299 Å². The van der Waals surface area contributed by atoms with Crippen LogP contribution in [0, 0.1) is 17.7 Å². The van der Waals surface area contributed by atoms with Crippen molar-refractivity contribution in [1.82, 2.24) is 15.5 Å². The summed E-state index contributed by atoms with van der Waals surface area (Å²) in [6.45, 7) is 7.83. The number of fused-ring (bicyclic) bond motifs is 2. The van der Waals surface area contributed by atoms with Gasteiger partial charge in [-0.1, -0.05) is 50.3 Å². The number of likely N-dealkylation sites (N-methyl/N-ethyl adjacent to an activating group) is 1. The van der Waals surface area contributed by atoms with E-state index in [2.05, 4.69) is 10.6 Å². The average molecular weight is 711 g/mol. The van der Waals surface area contributed by atoms with Crippen molar-refractivity contribution >= 4 is 29.1 Å². The first-order valence-corrected chi connectivity index (χ1v) is 16.8. The molecule has 1 aliphatic heterocycles. The third-order valence-electron chi connectivity index (χ3n) is 8.94. The van der Waals surface area contributed by atoms with Gasteiger partial charge in [-0.05, 0) is 70.0 Å². The second-order valence-corrected chi connectivity index (χ2v) is 13.3. The minimum atomic E-state index is -1.02. The number of ketones is 2. The molecule has 12 nitrogen and oxygen atoms in total. The number of halogens is 1. The molecular formula is C38H51FN4O8. The normalized spacial score (nSPS) is 28.5. The van der Waals surface area contributed by atoms with E-state index in [9.17, 15) is 28.7 Å². The number of carbonyl (C=O) groups is 4. The molecule has 5 N–H and O–H groups in total. The molecule has 2 bridgehead atoms. The zero-order chi connectivity index (χ0) is 38.0. The van der Waals surface area contributed by atoms with Gasteiger partial charge in [0, 0.05) is 44.4 Å². The fraction of sp³-hybridized carbons (Fsp3) is 0.474. The van der Waals surface area contributed by atoms with Gasteiger partial charge in [0.05, 0.1) is 23.5 Å². The number of benzene rings is 1. The molecule has 51 heavy (non-hydrogen) atoms. The van der Waals surface area contributed by atoms with Crippen LogP contribution in [-0.2, 0) is 28.6 Å². The Bertz CT molecular complexity index is 1610. The summed E-state index contributed by atoms with van der Waals surface area (Å²) in [6.07, 6.45) is 2.23. The number of methoxy groups -OCH3 is 2. The summed E-state index contributed by atoms with van der Waals surface area (Å²) in [5.41, 5.74) is 6.37. The molecule has 1 aliphatic carbocycles. The maximum absolute atomic E-state index is 14.5. The van der Waals surface area contributed by atoms with Gasteiger partial charge in [-0.15, -0.1) is 0 Å². The van der Waals surface area contributed by atoms with E-state index in [4.69, 9.17) is 19.9 Å². The molecule has 2 amide bonds. The Morgan fingerprint density at radius 3 is 2.33 bits per heavy atom. The minimum absolute atomic E-state index is 0.0715. The van der Waals surface area contributed by atoms with Crippen LogP contribution in [0.5, 0.6) is 0 Å². The van der Waals surface area contributed by atoms with Gasteiger partial charge in [0.2, 0.25) is 11.6 Å². The van der Waals surface area contributed by atoms with Gasteiger partial charge in [-0.3, -0.25) is 14.4 Å². The molecular weight excluding hydrogens is 659 g/mol. The second-order valence-electron chi connectivity index (χ2n) is 13.3. The second kappa shape index (κ2) is 18.7. The molecule has 0 saturated heterocycles. The van der Waals surface area contributed by atoms with Gasteiger partial charge < -0.3 is 40.6 Å². The van der Waals surface area contributed by atoms with E-state index in [-0.39, 0.29) is 46.0 Å². The summed E-state index contributed by atoms with van der Waals surface area (Å²) in [5, 5.41) is 17.3. The van der Waals surface area contributed by atoms with Crippen molar-refractivity contribution in [2.24, 2.45) is 17.6 Å². The Morgan fingerprint density at radius 1 is 1.08 bits per heavy atom. The highest BCUT2D eigenvalue weighted by Gasteiger charge is 2.38. The van der Waals surface area contributed by atoms with Crippen molar-refractivity contribution in [2.75, 3.05) is 41.4 Å². The fourth-order valence-electron chi connectivity index (χ4n) is 6.15. The number of nitrogens with zero attached hydrogens (tertiary/aromatic N) is 1. The number of Topliss-reactive ketones (excluding diaryl/α,β-unsaturated/α-hetero) is 2. The zero-order valence-electron chi connectivity index (χ0n) is 30.6. The third-order valence-corrected chi connectivity index (χ3v) is 8.94. The Balaban J connectivity index is 2.24. The summed E-state index contributed by atoms with van der Waals surface area (Å²) in [4.78, 5) is 56.3. The van der Waals surface area contributed by atoms with Crippen LogP contribution >= 0.6 is 0 Å². The highest BCUT2D eigenvalue weighted by atomic mass is 19.1. The van der Waals surface area contributed by atoms with Gasteiger partial charge in [0.1, 0.15) is 17.6 Å². The van der Waals surface area contributed by atoms with Gasteiger partial charge in [-0.2, -0.15) is 0 Å². The molecule has 0 unspecified atom stereocenters. The third kappa shape index (κ3) is 10.8. The monoisotopic (exact) mass is 710 g/mol. The maximum Gasteiger partial charge on any atom is 0.405 e. The fourth-order valence-corrected chi connectivity index (χ4v) is 6.15. The number of hydrogen-bond acceptors (Lipinski definition) is 10. The van der Waals surface area contributed by atoms with Crippen LogP contribution in [0.25, 0.3) is 5.57 Å². The number of nitrogens with one attached hydrogen (secondary N) is 2. The first kappa shape index (κ1) is 41.0. The van der Waals surface area contributed by atoms with Crippen LogP contribution in [0.4, 0.5) is 9.18 Å². The lowest BCUT2D eigenvalue weighted by atomic mass is 9.81. The highest BCUT2D eigenvalue weighted by Crippen LogP contribution is 2.34. The lowest BCUT2D eigenvalue weighted by Crippen LogP contribution is -2.40. The number of hydrogen-bond donors (Lipinski definition) is 4. The van der Waals surface area contributed by atoms with Crippen LogP contribution in [-0.4, -0.2) is 99.4 Å². The quantitative estimate of drug-likeness (QED) is 0.231. The molecule has 278 valence electrons. The molecule has 0 saturated carbocycles.